The lowest BCUT2D eigenvalue weighted by Gasteiger charge is -2.40. The zero-order chi connectivity index (χ0) is 13.0. The summed E-state index contributed by atoms with van der Waals surface area (Å²) < 4.78 is 0. The maximum absolute atomic E-state index is 12.7. The Bertz CT molecular complexity index is 326. The molecule has 0 aromatic heterocycles. The van der Waals surface area contributed by atoms with E-state index < -0.39 is 0 Å². The summed E-state index contributed by atoms with van der Waals surface area (Å²) >= 11 is 0. The Morgan fingerprint density at radius 2 is 1.76 bits per heavy atom. The second kappa shape index (κ2) is 3.81. The van der Waals surface area contributed by atoms with Crippen molar-refractivity contribution in [3.63, 3.8) is 0 Å². The first-order valence-electron chi connectivity index (χ1n) is 7.01. The Morgan fingerprint density at radius 1 is 1.18 bits per heavy atom. The summed E-state index contributed by atoms with van der Waals surface area (Å²) in [5, 5.41) is 0. The normalized spacial score (nSPS) is 33.6. The van der Waals surface area contributed by atoms with Crippen LogP contribution in [0.1, 0.15) is 60.8 Å². The zero-order valence-electron chi connectivity index (χ0n) is 12.2. The van der Waals surface area contributed by atoms with Crippen LogP contribution in [0, 0.1) is 11.3 Å². The van der Waals surface area contributed by atoms with Crippen LogP contribution in [-0.2, 0) is 4.79 Å². The van der Waals surface area contributed by atoms with Gasteiger partial charge >= 0.3 is 0 Å². The number of nitrogens with zero attached hydrogens (tertiary/aromatic N) is 1. The van der Waals surface area contributed by atoms with Crippen LogP contribution < -0.4 is 0 Å². The van der Waals surface area contributed by atoms with E-state index in [1.165, 1.54) is 6.42 Å². The molecule has 1 heterocycles. The highest BCUT2D eigenvalue weighted by molar-refractivity contribution is 5.89. The lowest BCUT2D eigenvalue weighted by molar-refractivity contribution is -0.134. The van der Waals surface area contributed by atoms with Gasteiger partial charge in [-0.15, -0.1) is 0 Å². The van der Waals surface area contributed by atoms with Gasteiger partial charge in [0, 0.05) is 17.0 Å². The summed E-state index contributed by atoms with van der Waals surface area (Å²) in [4.78, 5) is 15.2. The van der Waals surface area contributed by atoms with E-state index in [0.717, 1.165) is 18.8 Å². The molecule has 0 aromatic carbocycles. The summed E-state index contributed by atoms with van der Waals surface area (Å²) in [7, 11) is 0. The number of carbonyl (C=O) groups excluding carboxylic acids is 1. The van der Waals surface area contributed by atoms with Crippen LogP contribution in [0.15, 0.2) is 0 Å². The molecule has 1 aliphatic heterocycles. The molecule has 98 valence electrons. The van der Waals surface area contributed by atoms with E-state index in [1.54, 1.807) is 0 Å². The van der Waals surface area contributed by atoms with Crippen molar-refractivity contribution in [2.75, 3.05) is 0 Å². The molecule has 3 atom stereocenters. The maximum atomic E-state index is 12.7. The standard InChI is InChI=1S/C15H27NO/c1-7-15(5,6)13(17)12-9-10-8-11(10)16(12)14(2,3)4/h10-12H,7-9H2,1-6H3/t10-,11?,12+/m1/s1. The van der Waals surface area contributed by atoms with E-state index in [1.807, 2.05) is 0 Å². The third kappa shape index (κ3) is 2.16. The topological polar surface area (TPSA) is 20.3 Å². The molecular weight excluding hydrogens is 210 g/mol. The molecule has 1 saturated heterocycles. The molecule has 1 aliphatic carbocycles. The van der Waals surface area contributed by atoms with Gasteiger partial charge in [0.05, 0.1) is 6.04 Å². The zero-order valence-corrected chi connectivity index (χ0v) is 12.2. The van der Waals surface area contributed by atoms with E-state index in [0.29, 0.717) is 11.8 Å². The van der Waals surface area contributed by atoms with E-state index >= 15 is 0 Å². The van der Waals surface area contributed by atoms with Crippen molar-refractivity contribution in [2.45, 2.75) is 78.4 Å². The van der Waals surface area contributed by atoms with Gasteiger partial charge in [-0.05, 0) is 46.0 Å². The Hall–Kier alpha value is -0.370. The van der Waals surface area contributed by atoms with Crippen LogP contribution in [-0.4, -0.2) is 28.3 Å². The van der Waals surface area contributed by atoms with Crippen LogP contribution in [0.5, 0.6) is 0 Å². The van der Waals surface area contributed by atoms with Crippen molar-refractivity contribution >= 4 is 5.78 Å². The van der Waals surface area contributed by atoms with Crippen molar-refractivity contribution in [3.8, 4) is 0 Å². The van der Waals surface area contributed by atoms with E-state index in [4.69, 9.17) is 0 Å². The molecule has 2 aliphatic rings. The van der Waals surface area contributed by atoms with Gasteiger partial charge in [-0.3, -0.25) is 9.69 Å². The predicted octanol–water partition coefficient (Wildman–Crippen LogP) is 3.25. The smallest absolute Gasteiger partial charge is 0.155 e. The average molecular weight is 237 g/mol. The Labute approximate surface area is 106 Å². The molecule has 0 spiro atoms. The molecule has 0 radical (unpaired) electrons. The minimum absolute atomic E-state index is 0.125. The third-order valence-electron chi connectivity index (χ3n) is 4.73. The summed E-state index contributed by atoms with van der Waals surface area (Å²) in [6, 6.07) is 0.866. The number of rotatable bonds is 3. The molecular formula is C15H27NO. The van der Waals surface area contributed by atoms with E-state index in [9.17, 15) is 4.79 Å². The molecule has 0 bridgehead atoms. The Balaban J connectivity index is 2.19. The minimum atomic E-state index is -0.162. The van der Waals surface area contributed by atoms with Crippen molar-refractivity contribution in [1.29, 1.82) is 0 Å². The predicted molar refractivity (Wildman–Crippen MR) is 71.0 cm³/mol. The molecule has 2 heteroatoms. The molecule has 2 nitrogen and oxygen atoms in total. The highest BCUT2D eigenvalue weighted by Crippen LogP contribution is 2.52. The van der Waals surface area contributed by atoms with Gasteiger partial charge in [-0.2, -0.15) is 0 Å². The summed E-state index contributed by atoms with van der Waals surface area (Å²) in [6.45, 7) is 13.0. The summed E-state index contributed by atoms with van der Waals surface area (Å²) in [5.41, 5.74) is -0.0367. The molecule has 0 aromatic rings. The number of hydrogen-bond acceptors (Lipinski definition) is 2. The van der Waals surface area contributed by atoms with Crippen LogP contribution >= 0.6 is 0 Å². The fourth-order valence-corrected chi connectivity index (χ4v) is 3.28. The van der Waals surface area contributed by atoms with Crippen molar-refractivity contribution < 1.29 is 4.79 Å². The number of fused-ring (bicyclic) bond motifs is 1. The molecule has 0 amide bonds. The number of ketones is 1. The Morgan fingerprint density at radius 3 is 2.24 bits per heavy atom. The monoisotopic (exact) mass is 237 g/mol. The van der Waals surface area contributed by atoms with Crippen LogP contribution in [0.25, 0.3) is 0 Å². The quantitative estimate of drug-likeness (QED) is 0.751. The van der Waals surface area contributed by atoms with Gasteiger partial charge in [0.15, 0.2) is 5.78 Å². The van der Waals surface area contributed by atoms with E-state index in [-0.39, 0.29) is 17.0 Å². The van der Waals surface area contributed by atoms with Gasteiger partial charge in [-0.1, -0.05) is 20.8 Å². The first-order valence-corrected chi connectivity index (χ1v) is 7.01. The molecule has 1 unspecified atom stereocenters. The van der Waals surface area contributed by atoms with Crippen molar-refractivity contribution in [1.82, 2.24) is 4.90 Å². The average Bonchev–Trinajstić information content (AvgIpc) is 2.85. The number of likely N-dealkylation sites (tertiary alicyclic amines) is 1. The fourth-order valence-electron chi connectivity index (χ4n) is 3.28. The first-order chi connectivity index (χ1) is 7.68. The SMILES string of the molecule is CCC(C)(C)C(=O)[C@@H]1C[C@H]2CC2N1C(C)(C)C. The van der Waals surface area contributed by atoms with Crippen molar-refractivity contribution in [3.05, 3.63) is 0 Å². The van der Waals surface area contributed by atoms with Crippen LogP contribution in [0.3, 0.4) is 0 Å². The fraction of sp³-hybridized carbons (Fsp3) is 0.933. The van der Waals surface area contributed by atoms with Gasteiger partial charge < -0.3 is 0 Å². The largest absolute Gasteiger partial charge is 0.297 e. The minimum Gasteiger partial charge on any atom is -0.297 e. The lowest BCUT2D eigenvalue weighted by Crippen LogP contribution is -2.52. The third-order valence-corrected chi connectivity index (χ3v) is 4.73. The molecule has 0 N–H and O–H groups in total. The maximum Gasteiger partial charge on any atom is 0.155 e. The second-order valence-corrected chi connectivity index (χ2v) is 7.49. The van der Waals surface area contributed by atoms with Gasteiger partial charge in [0.1, 0.15) is 0 Å². The summed E-state index contributed by atoms with van der Waals surface area (Å²) in [5.74, 6) is 1.26. The van der Waals surface area contributed by atoms with E-state index in [2.05, 4.69) is 46.4 Å². The van der Waals surface area contributed by atoms with Gasteiger partial charge in [-0.25, -0.2) is 0 Å². The van der Waals surface area contributed by atoms with Gasteiger partial charge in [0.25, 0.3) is 0 Å². The van der Waals surface area contributed by atoms with Crippen LogP contribution in [0.4, 0.5) is 0 Å². The number of piperidine rings is 1. The molecule has 1 saturated carbocycles. The number of carbonyl (C=O) groups is 1. The lowest BCUT2D eigenvalue weighted by atomic mass is 9.80. The van der Waals surface area contributed by atoms with Crippen molar-refractivity contribution in [2.24, 2.45) is 11.3 Å². The Kier molecular flexibility index (Phi) is 2.93. The summed E-state index contributed by atoms with van der Waals surface area (Å²) in [6.07, 6.45) is 3.35. The molecule has 17 heavy (non-hydrogen) atoms. The number of Topliss-reactive ketones (excluding diaryl/α,β-unsaturated/α-hetero) is 1. The van der Waals surface area contributed by atoms with Crippen LogP contribution in [0.2, 0.25) is 0 Å². The number of hydrogen-bond donors (Lipinski definition) is 0. The molecule has 2 rings (SSSR count). The van der Waals surface area contributed by atoms with Gasteiger partial charge in [0.2, 0.25) is 0 Å². The highest BCUT2D eigenvalue weighted by Gasteiger charge is 2.58. The highest BCUT2D eigenvalue weighted by atomic mass is 16.1. The first kappa shape index (κ1) is 13.1. The second-order valence-electron chi connectivity index (χ2n) is 7.49. The molecule has 2 fully saturated rings.